The second-order valence-corrected chi connectivity index (χ2v) is 12.2. The van der Waals surface area contributed by atoms with Gasteiger partial charge in [0.05, 0.1) is 19.8 Å². The van der Waals surface area contributed by atoms with E-state index in [4.69, 9.17) is 19.2 Å². The molecule has 0 amide bonds. The minimum Gasteiger partial charge on any atom is -0.493 e. The summed E-state index contributed by atoms with van der Waals surface area (Å²) in [6.45, 7) is 11.5. The summed E-state index contributed by atoms with van der Waals surface area (Å²) in [7, 11) is 1.38. The number of methoxy groups -OCH3 is 1. The molecule has 2 N–H and O–H groups in total. The summed E-state index contributed by atoms with van der Waals surface area (Å²) >= 11 is 0. The summed E-state index contributed by atoms with van der Waals surface area (Å²) in [4.78, 5) is 19.2. The molecule has 1 aromatic heterocycles. The van der Waals surface area contributed by atoms with Gasteiger partial charge in [-0.3, -0.25) is 9.69 Å². The maximum atomic E-state index is 14.8. The molecule has 232 valence electrons. The number of aryl methyl sites for hydroxylation is 1. The summed E-state index contributed by atoms with van der Waals surface area (Å²) in [5.74, 6) is 0.743. The van der Waals surface area contributed by atoms with Crippen LogP contribution in [0.2, 0.25) is 0 Å². The number of fused-ring (bicyclic) bond motifs is 1. The zero-order valence-corrected chi connectivity index (χ0v) is 25.9. The lowest BCUT2D eigenvalue weighted by Crippen LogP contribution is -2.33. The Bertz CT molecular complexity index is 1200. The lowest BCUT2D eigenvalue weighted by Gasteiger charge is -2.27. The quantitative estimate of drug-likeness (QED) is 0.233. The Morgan fingerprint density at radius 3 is 2.71 bits per heavy atom. The number of benzene rings is 1. The lowest BCUT2D eigenvalue weighted by atomic mass is 9.95. The van der Waals surface area contributed by atoms with Gasteiger partial charge in [-0.15, -0.1) is 0 Å². The standard InChI is InChI=1S/C33H48FN3O5/c1-21(2)24-16-27(31(40-5)28(34)17-24)30(33(38)39)37-14-12-23(19-37)20-41-15-8-6-7-10-25-18-29(42-22(3)4)26-11-9-13-35-32(26)36-25/h16-18,21-23,30H,6-15,19-20H2,1-5H3,(H,35,36)(H,38,39)/t23-,30?/m1/s1. The van der Waals surface area contributed by atoms with Crippen LogP contribution in [0, 0.1) is 11.7 Å². The summed E-state index contributed by atoms with van der Waals surface area (Å²) in [5, 5.41) is 13.6. The second kappa shape index (κ2) is 15.0. The zero-order valence-electron chi connectivity index (χ0n) is 25.9. The summed E-state index contributed by atoms with van der Waals surface area (Å²) in [5.41, 5.74) is 3.40. The number of aromatic nitrogens is 1. The average Bonchev–Trinajstić information content (AvgIpc) is 3.40. The number of hydrogen-bond donors (Lipinski definition) is 2. The van der Waals surface area contributed by atoms with Crippen molar-refractivity contribution >= 4 is 11.8 Å². The number of unbranched alkanes of at least 4 members (excludes halogenated alkanes) is 2. The van der Waals surface area contributed by atoms with E-state index >= 15 is 0 Å². The number of hydrogen-bond acceptors (Lipinski definition) is 7. The number of nitrogens with one attached hydrogen (secondary N) is 1. The fourth-order valence-electron chi connectivity index (χ4n) is 5.99. The van der Waals surface area contributed by atoms with Gasteiger partial charge >= 0.3 is 5.97 Å². The summed E-state index contributed by atoms with van der Waals surface area (Å²) in [6, 6.07) is 4.37. The van der Waals surface area contributed by atoms with Gasteiger partial charge in [-0.05, 0) is 88.4 Å². The van der Waals surface area contributed by atoms with Crippen LogP contribution in [-0.4, -0.2) is 67.0 Å². The molecule has 2 atom stereocenters. The van der Waals surface area contributed by atoms with Crippen molar-refractivity contribution in [3.63, 3.8) is 0 Å². The van der Waals surface area contributed by atoms with Crippen molar-refractivity contribution in [1.82, 2.24) is 9.88 Å². The molecule has 1 saturated heterocycles. The molecular formula is C33H48FN3O5. The van der Waals surface area contributed by atoms with Gasteiger partial charge in [0.1, 0.15) is 17.6 Å². The molecule has 42 heavy (non-hydrogen) atoms. The summed E-state index contributed by atoms with van der Waals surface area (Å²) in [6.07, 6.45) is 7.02. The molecule has 0 aliphatic carbocycles. The second-order valence-electron chi connectivity index (χ2n) is 12.2. The maximum absolute atomic E-state index is 14.8. The van der Waals surface area contributed by atoms with Crippen LogP contribution < -0.4 is 14.8 Å². The van der Waals surface area contributed by atoms with Gasteiger partial charge in [-0.2, -0.15) is 0 Å². The van der Waals surface area contributed by atoms with Crippen molar-refractivity contribution in [3.05, 3.63) is 46.4 Å². The number of anilines is 1. The van der Waals surface area contributed by atoms with E-state index in [1.807, 2.05) is 18.7 Å². The number of halogens is 1. The number of ether oxygens (including phenoxy) is 3. The fourth-order valence-corrected chi connectivity index (χ4v) is 5.99. The van der Waals surface area contributed by atoms with E-state index in [-0.39, 0.29) is 23.7 Å². The van der Waals surface area contributed by atoms with Crippen molar-refractivity contribution in [3.8, 4) is 11.5 Å². The highest BCUT2D eigenvalue weighted by Gasteiger charge is 2.36. The third-order valence-electron chi connectivity index (χ3n) is 8.15. The molecule has 1 aromatic carbocycles. The number of carboxylic acids is 1. The van der Waals surface area contributed by atoms with Gasteiger partial charge < -0.3 is 24.6 Å². The van der Waals surface area contributed by atoms with Crippen LogP contribution in [0.25, 0.3) is 0 Å². The van der Waals surface area contributed by atoms with Crippen molar-refractivity contribution in [2.45, 2.75) is 90.7 Å². The van der Waals surface area contributed by atoms with E-state index in [9.17, 15) is 14.3 Å². The first kappa shape index (κ1) is 32.0. The SMILES string of the molecule is COc1c(F)cc(C(C)C)cc1C(C(=O)O)N1CC[C@@H](COCCCCCc2cc(OC(C)C)c3c(n2)NCCC3)C1. The maximum Gasteiger partial charge on any atom is 0.325 e. The fraction of sp³-hybridized carbons (Fsp3) is 0.636. The molecule has 9 heteroatoms. The molecule has 2 aliphatic rings. The number of pyridine rings is 1. The van der Waals surface area contributed by atoms with E-state index in [2.05, 4.69) is 25.2 Å². The highest BCUT2D eigenvalue weighted by molar-refractivity contribution is 5.77. The zero-order chi connectivity index (χ0) is 30.2. The topological polar surface area (TPSA) is 93.2 Å². The molecule has 0 bridgehead atoms. The molecule has 0 spiro atoms. The molecule has 4 rings (SSSR count). The lowest BCUT2D eigenvalue weighted by molar-refractivity contribution is -0.143. The Morgan fingerprint density at radius 1 is 1.19 bits per heavy atom. The van der Waals surface area contributed by atoms with Crippen LogP contribution in [0.1, 0.15) is 94.1 Å². The minimum absolute atomic E-state index is 0.0111. The molecule has 0 saturated carbocycles. The average molecular weight is 586 g/mol. The molecule has 1 fully saturated rings. The largest absolute Gasteiger partial charge is 0.493 e. The van der Waals surface area contributed by atoms with Crippen molar-refractivity contribution in [2.24, 2.45) is 5.92 Å². The van der Waals surface area contributed by atoms with Crippen molar-refractivity contribution in [1.29, 1.82) is 0 Å². The molecule has 2 aliphatic heterocycles. The highest BCUT2D eigenvalue weighted by Crippen LogP contribution is 2.37. The molecule has 0 radical (unpaired) electrons. The Labute approximate surface area is 249 Å². The van der Waals surface area contributed by atoms with Crippen LogP contribution in [-0.2, 0) is 22.4 Å². The van der Waals surface area contributed by atoms with Crippen LogP contribution in [0.15, 0.2) is 18.2 Å². The van der Waals surface area contributed by atoms with Crippen LogP contribution >= 0.6 is 0 Å². The highest BCUT2D eigenvalue weighted by atomic mass is 19.1. The van der Waals surface area contributed by atoms with Gasteiger partial charge in [0, 0.05) is 42.6 Å². The van der Waals surface area contributed by atoms with E-state index in [0.717, 1.165) is 74.3 Å². The van der Waals surface area contributed by atoms with Crippen LogP contribution in [0.5, 0.6) is 11.5 Å². The first-order valence-electron chi connectivity index (χ1n) is 15.5. The predicted molar refractivity (Wildman–Crippen MR) is 162 cm³/mol. The molecule has 2 aromatic rings. The number of rotatable bonds is 15. The van der Waals surface area contributed by atoms with Gasteiger partial charge in [0.25, 0.3) is 0 Å². The Kier molecular flexibility index (Phi) is 11.4. The number of carboxylic acid groups (broad SMARTS) is 1. The van der Waals surface area contributed by atoms with Crippen LogP contribution in [0.3, 0.4) is 0 Å². The number of aliphatic carboxylic acids is 1. The monoisotopic (exact) mass is 585 g/mol. The Hall–Kier alpha value is -2.91. The first-order valence-corrected chi connectivity index (χ1v) is 15.5. The minimum atomic E-state index is -0.998. The van der Waals surface area contributed by atoms with Crippen molar-refractivity contribution in [2.75, 3.05) is 45.3 Å². The third-order valence-corrected chi connectivity index (χ3v) is 8.15. The normalized spacial score (nSPS) is 17.8. The number of carbonyl (C=O) groups is 1. The van der Waals surface area contributed by atoms with Crippen LogP contribution in [0.4, 0.5) is 10.2 Å². The van der Waals surface area contributed by atoms with Gasteiger partial charge in [-0.1, -0.05) is 20.3 Å². The summed E-state index contributed by atoms with van der Waals surface area (Å²) < 4.78 is 32.2. The molecule has 8 nitrogen and oxygen atoms in total. The molecule has 1 unspecified atom stereocenters. The third kappa shape index (κ3) is 8.13. The van der Waals surface area contributed by atoms with Crippen molar-refractivity contribution < 1.29 is 28.5 Å². The van der Waals surface area contributed by atoms with Gasteiger partial charge in [-0.25, -0.2) is 9.37 Å². The molecular weight excluding hydrogens is 537 g/mol. The van der Waals surface area contributed by atoms with E-state index in [1.165, 1.54) is 18.7 Å². The number of likely N-dealkylation sites (tertiary alicyclic amines) is 1. The van der Waals surface area contributed by atoms with E-state index < -0.39 is 17.8 Å². The Balaban J connectivity index is 1.23. The first-order chi connectivity index (χ1) is 20.2. The van der Waals surface area contributed by atoms with E-state index in [1.54, 1.807) is 6.07 Å². The smallest absolute Gasteiger partial charge is 0.325 e. The Morgan fingerprint density at radius 2 is 2.00 bits per heavy atom. The van der Waals surface area contributed by atoms with E-state index in [0.29, 0.717) is 31.9 Å². The molecule has 3 heterocycles. The van der Waals surface area contributed by atoms with Gasteiger partial charge in [0.2, 0.25) is 0 Å². The number of nitrogens with zero attached hydrogens (tertiary/aromatic N) is 2. The van der Waals surface area contributed by atoms with Gasteiger partial charge in [0.15, 0.2) is 11.6 Å². The predicted octanol–water partition coefficient (Wildman–Crippen LogP) is 6.38.